The van der Waals surface area contributed by atoms with Crippen molar-refractivity contribution < 1.29 is 4.74 Å². The highest BCUT2D eigenvalue weighted by atomic mass is 16.5. The van der Waals surface area contributed by atoms with Gasteiger partial charge in [-0.3, -0.25) is 4.99 Å². The third-order valence-corrected chi connectivity index (χ3v) is 8.04. The topological polar surface area (TPSA) is 48.9 Å². The SMILES string of the molecule is CCN=C(NC1CCN(CC2CC2)CC1)NC1C2CCOC2C12CCCC2. The van der Waals surface area contributed by atoms with Crippen LogP contribution in [-0.2, 0) is 4.74 Å². The number of ether oxygens (including phenoxy) is 1. The summed E-state index contributed by atoms with van der Waals surface area (Å²) in [4.78, 5) is 7.51. The lowest BCUT2D eigenvalue weighted by Crippen LogP contribution is -2.69. The molecule has 5 heteroatoms. The van der Waals surface area contributed by atoms with E-state index >= 15 is 0 Å². The maximum atomic E-state index is 6.15. The zero-order chi connectivity index (χ0) is 18.3. The summed E-state index contributed by atoms with van der Waals surface area (Å²) in [7, 11) is 0. The fourth-order valence-electron chi connectivity index (χ4n) is 6.46. The van der Waals surface area contributed by atoms with Gasteiger partial charge in [0.25, 0.3) is 0 Å². The molecule has 2 aliphatic heterocycles. The van der Waals surface area contributed by atoms with E-state index < -0.39 is 0 Å². The van der Waals surface area contributed by atoms with Crippen LogP contribution in [0.15, 0.2) is 4.99 Å². The number of fused-ring (bicyclic) bond motifs is 2. The van der Waals surface area contributed by atoms with Gasteiger partial charge in [0.2, 0.25) is 0 Å². The molecule has 2 N–H and O–H groups in total. The van der Waals surface area contributed by atoms with Gasteiger partial charge < -0.3 is 20.3 Å². The average Bonchev–Trinajstić information content (AvgIpc) is 3.17. The molecule has 3 atom stereocenters. The van der Waals surface area contributed by atoms with Crippen molar-refractivity contribution in [3.05, 3.63) is 0 Å². The molecule has 2 heterocycles. The first-order chi connectivity index (χ1) is 13.3. The van der Waals surface area contributed by atoms with E-state index in [1.807, 2.05) is 0 Å². The first-order valence-corrected chi connectivity index (χ1v) is 11.7. The minimum atomic E-state index is 0.394. The second-order valence-corrected chi connectivity index (χ2v) is 9.79. The van der Waals surface area contributed by atoms with Crippen molar-refractivity contribution in [2.24, 2.45) is 22.2 Å². The monoisotopic (exact) mass is 374 g/mol. The molecule has 3 aliphatic carbocycles. The number of nitrogens with zero attached hydrogens (tertiary/aromatic N) is 2. The molecule has 0 aromatic carbocycles. The zero-order valence-corrected chi connectivity index (χ0v) is 17.1. The van der Waals surface area contributed by atoms with Crippen LogP contribution in [0.1, 0.15) is 64.7 Å². The highest BCUT2D eigenvalue weighted by Crippen LogP contribution is 2.60. The molecule has 1 spiro atoms. The Balaban J connectivity index is 1.18. The number of likely N-dealkylation sites (tertiary alicyclic amines) is 1. The fraction of sp³-hybridized carbons (Fsp3) is 0.955. The predicted octanol–water partition coefficient (Wildman–Crippen LogP) is 2.76. The molecular formula is C22H38N4O. The van der Waals surface area contributed by atoms with Crippen LogP contribution < -0.4 is 10.6 Å². The maximum Gasteiger partial charge on any atom is 0.191 e. The molecule has 0 aromatic rings. The molecule has 2 saturated heterocycles. The van der Waals surface area contributed by atoms with Crippen molar-refractivity contribution >= 4 is 5.96 Å². The summed E-state index contributed by atoms with van der Waals surface area (Å²) < 4.78 is 6.15. The lowest BCUT2D eigenvalue weighted by Gasteiger charge is -2.57. The summed E-state index contributed by atoms with van der Waals surface area (Å²) in [6, 6.07) is 1.15. The molecule has 5 fully saturated rings. The first kappa shape index (κ1) is 18.2. The van der Waals surface area contributed by atoms with Crippen LogP contribution in [0.5, 0.6) is 0 Å². The summed E-state index contributed by atoms with van der Waals surface area (Å²) in [5, 5.41) is 7.71. The molecule has 5 rings (SSSR count). The normalized spacial score (nSPS) is 36.6. The molecule has 5 nitrogen and oxygen atoms in total. The minimum absolute atomic E-state index is 0.394. The number of piperidine rings is 1. The molecule has 27 heavy (non-hydrogen) atoms. The summed E-state index contributed by atoms with van der Waals surface area (Å²) in [6.07, 6.45) is 12.6. The van der Waals surface area contributed by atoms with Gasteiger partial charge in [-0.05, 0) is 57.8 Å². The van der Waals surface area contributed by atoms with Gasteiger partial charge >= 0.3 is 0 Å². The van der Waals surface area contributed by atoms with Crippen LogP contribution >= 0.6 is 0 Å². The third-order valence-electron chi connectivity index (χ3n) is 8.04. The number of hydrogen-bond donors (Lipinski definition) is 2. The lowest BCUT2D eigenvalue weighted by molar-refractivity contribution is -0.125. The molecule has 0 bridgehead atoms. The van der Waals surface area contributed by atoms with Crippen molar-refractivity contribution in [2.45, 2.75) is 82.9 Å². The zero-order valence-electron chi connectivity index (χ0n) is 17.1. The predicted molar refractivity (Wildman–Crippen MR) is 109 cm³/mol. The molecule has 0 radical (unpaired) electrons. The fourth-order valence-corrected chi connectivity index (χ4v) is 6.46. The summed E-state index contributed by atoms with van der Waals surface area (Å²) >= 11 is 0. The smallest absolute Gasteiger partial charge is 0.191 e. The highest BCUT2D eigenvalue weighted by Gasteiger charge is 2.65. The van der Waals surface area contributed by atoms with Gasteiger partial charge in [0.15, 0.2) is 5.96 Å². The molecule has 5 aliphatic rings. The second-order valence-electron chi connectivity index (χ2n) is 9.79. The van der Waals surface area contributed by atoms with Gasteiger partial charge in [-0.25, -0.2) is 0 Å². The Morgan fingerprint density at radius 3 is 2.56 bits per heavy atom. The Morgan fingerprint density at radius 1 is 1.07 bits per heavy atom. The molecular weight excluding hydrogens is 336 g/mol. The van der Waals surface area contributed by atoms with Gasteiger partial charge in [0.1, 0.15) is 0 Å². The second kappa shape index (κ2) is 7.55. The summed E-state index contributed by atoms with van der Waals surface area (Å²) in [6.45, 7) is 7.80. The van der Waals surface area contributed by atoms with E-state index in [-0.39, 0.29) is 0 Å². The van der Waals surface area contributed by atoms with Gasteiger partial charge in [0, 0.05) is 56.2 Å². The van der Waals surface area contributed by atoms with Gasteiger partial charge in [-0.2, -0.15) is 0 Å². The number of nitrogens with one attached hydrogen (secondary N) is 2. The maximum absolute atomic E-state index is 6.15. The molecule has 0 amide bonds. The van der Waals surface area contributed by atoms with Crippen LogP contribution in [0.25, 0.3) is 0 Å². The Morgan fingerprint density at radius 2 is 1.85 bits per heavy atom. The van der Waals surface area contributed by atoms with E-state index in [1.54, 1.807) is 0 Å². The van der Waals surface area contributed by atoms with Crippen LogP contribution in [0.3, 0.4) is 0 Å². The quantitative estimate of drug-likeness (QED) is 0.574. The first-order valence-electron chi connectivity index (χ1n) is 11.7. The largest absolute Gasteiger partial charge is 0.377 e. The number of aliphatic imine (C=N–C) groups is 1. The minimum Gasteiger partial charge on any atom is -0.377 e. The van der Waals surface area contributed by atoms with Crippen molar-refractivity contribution in [2.75, 3.05) is 32.8 Å². The van der Waals surface area contributed by atoms with Crippen LogP contribution in [0.4, 0.5) is 0 Å². The molecule has 0 aromatic heterocycles. The Kier molecular flexibility index (Phi) is 5.10. The van der Waals surface area contributed by atoms with E-state index in [0.717, 1.165) is 25.0 Å². The van der Waals surface area contributed by atoms with E-state index in [1.165, 1.54) is 77.4 Å². The lowest BCUT2D eigenvalue weighted by atomic mass is 9.54. The van der Waals surface area contributed by atoms with Crippen molar-refractivity contribution in [1.82, 2.24) is 15.5 Å². The summed E-state index contributed by atoms with van der Waals surface area (Å²) in [5.74, 6) is 2.78. The van der Waals surface area contributed by atoms with E-state index in [4.69, 9.17) is 9.73 Å². The third kappa shape index (κ3) is 3.50. The highest BCUT2D eigenvalue weighted by molar-refractivity contribution is 5.80. The van der Waals surface area contributed by atoms with Crippen molar-refractivity contribution in [1.29, 1.82) is 0 Å². The van der Waals surface area contributed by atoms with Gasteiger partial charge in [0.05, 0.1) is 6.10 Å². The van der Waals surface area contributed by atoms with Crippen LogP contribution in [0.2, 0.25) is 0 Å². The Bertz CT molecular complexity index is 547. The number of hydrogen-bond acceptors (Lipinski definition) is 3. The number of guanidine groups is 1. The van der Waals surface area contributed by atoms with E-state index in [0.29, 0.717) is 29.5 Å². The standard InChI is InChI=1S/C22H38N4O/c1-2-23-21(24-17-7-12-26(13-8-17)15-16-5-6-16)25-19-18-9-14-27-20(18)22(19)10-3-4-11-22/h16-20H,2-15H2,1H3,(H2,23,24,25). The molecule has 3 saturated carbocycles. The summed E-state index contributed by atoms with van der Waals surface area (Å²) in [5.41, 5.74) is 0.394. The van der Waals surface area contributed by atoms with Crippen molar-refractivity contribution in [3.8, 4) is 0 Å². The Hall–Kier alpha value is -0.810. The van der Waals surface area contributed by atoms with E-state index in [2.05, 4.69) is 22.5 Å². The molecule has 3 unspecified atom stereocenters. The van der Waals surface area contributed by atoms with Gasteiger partial charge in [-0.1, -0.05) is 12.8 Å². The number of rotatable bonds is 5. The van der Waals surface area contributed by atoms with Crippen LogP contribution in [-0.4, -0.2) is 61.8 Å². The van der Waals surface area contributed by atoms with E-state index in [9.17, 15) is 0 Å². The average molecular weight is 375 g/mol. The van der Waals surface area contributed by atoms with Crippen LogP contribution in [0, 0.1) is 17.3 Å². The Labute approximate surface area is 164 Å². The van der Waals surface area contributed by atoms with Gasteiger partial charge in [-0.15, -0.1) is 0 Å². The molecule has 152 valence electrons. The van der Waals surface area contributed by atoms with Crippen molar-refractivity contribution in [3.63, 3.8) is 0 Å².